The van der Waals surface area contributed by atoms with Gasteiger partial charge in [0.1, 0.15) is 0 Å². The highest BCUT2D eigenvalue weighted by molar-refractivity contribution is 6.10. The van der Waals surface area contributed by atoms with E-state index in [1.165, 1.54) is 120 Å². The summed E-state index contributed by atoms with van der Waals surface area (Å²) < 4.78 is 2.38. The van der Waals surface area contributed by atoms with Crippen LogP contribution < -0.4 is 4.90 Å². The van der Waals surface area contributed by atoms with Gasteiger partial charge in [0.15, 0.2) is 0 Å². The lowest BCUT2D eigenvalue weighted by Crippen LogP contribution is -2.15. The molecule has 0 bridgehead atoms. The van der Waals surface area contributed by atoms with Crippen molar-refractivity contribution in [1.29, 1.82) is 0 Å². The molecule has 1 aliphatic rings. The molecule has 2 unspecified atom stereocenters. The van der Waals surface area contributed by atoms with Crippen molar-refractivity contribution in [2.75, 3.05) is 4.90 Å². The van der Waals surface area contributed by atoms with Crippen LogP contribution in [0, 0.1) is 11.8 Å². The van der Waals surface area contributed by atoms with E-state index in [1.807, 2.05) is 0 Å². The SMILES string of the molecule is C=C1CC(C)CC(CCc2ccc(-c3ccc(N(c4ccc(-c5ccc6c(c5)c5ccccc5n6-c5ccccc5)cc4)c4ccc(-c5cccc6cccc(-c7ccccc7)c56)cc4)cc3)cc2)C1. The number of allylic oxidation sites excluding steroid dienone is 1. The fraction of sp³-hybridized carbons (Fsp3) is 0.118. The van der Waals surface area contributed by atoms with Gasteiger partial charge in [0.05, 0.1) is 11.0 Å². The van der Waals surface area contributed by atoms with E-state index in [0.29, 0.717) is 0 Å². The molecule has 0 radical (unpaired) electrons. The van der Waals surface area contributed by atoms with Gasteiger partial charge in [0.2, 0.25) is 0 Å². The predicted molar refractivity (Wildman–Crippen MR) is 299 cm³/mol. The van der Waals surface area contributed by atoms with Crippen molar-refractivity contribution >= 4 is 49.6 Å². The largest absolute Gasteiger partial charge is 0.311 e. The van der Waals surface area contributed by atoms with Crippen LogP contribution in [0.15, 0.2) is 249 Å². The van der Waals surface area contributed by atoms with Gasteiger partial charge in [0, 0.05) is 33.5 Å². The Morgan fingerprint density at radius 1 is 0.457 bits per heavy atom. The van der Waals surface area contributed by atoms with Crippen LogP contribution in [-0.2, 0) is 6.42 Å². The lowest BCUT2D eigenvalue weighted by molar-refractivity contribution is 0.321. The van der Waals surface area contributed by atoms with Crippen molar-refractivity contribution in [3.8, 4) is 50.2 Å². The average molecular weight is 901 g/mol. The Balaban J connectivity index is 0.881. The number of benzene rings is 10. The number of aryl methyl sites for hydroxylation is 1. The third-order valence-corrected chi connectivity index (χ3v) is 14.8. The molecule has 1 aromatic heterocycles. The molecule has 338 valence electrons. The summed E-state index contributed by atoms with van der Waals surface area (Å²) in [5.41, 5.74) is 19.5. The maximum Gasteiger partial charge on any atom is 0.0541 e. The van der Waals surface area contributed by atoms with E-state index in [2.05, 4.69) is 260 Å². The number of nitrogens with zero attached hydrogens (tertiary/aromatic N) is 2. The molecule has 0 N–H and O–H groups in total. The van der Waals surface area contributed by atoms with Gasteiger partial charge in [-0.05, 0) is 172 Å². The first kappa shape index (κ1) is 43.1. The number of anilines is 3. The maximum absolute atomic E-state index is 4.34. The van der Waals surface area contributed by atoms with E-state index in [4.69, 9.17) is 0 Å². The van der Waals surface area contributed by atoms with Gasteiger partial charge in [0.25, 0.3) is 0 Å². The zero-order valence-corrected chi connectivity index (χ0v) is 39.8. The second kappa shape index (κ2) is 18.7. The minimum absolute atomic E-state index is 0.758. The third-order valence-electron chi connectivity index (χ3n) is 14.8. The predicted octanol–water partition coefficient (Wildman–Crippen LogP) is 19.0. The Labute approximate surface area is 412 Å². The Morgan fingerprint density at radius 3 is 1.60 bits per heavy atom. The van der Waals surface area contributed by atoms with E-state index in [-0.39, 0.29) is 0 Å². The van der Waals surface area contributed by atoms with Crippen molar-refractivity contribution in [3.05, 3.63) is 254 Å². The van der Waals surface area contributed by atoms with E-state index < -0.39 is 0 Å². The maximum atomic E-state index is 4.34. The highest BCUT2D eigenvalue weighted by Gasteiger charge is 2.21. The first-order chi connectivity index (χ1) is 34.5. The van der Waals surface area contributed by atoms with Gasteiger partial charge in [-0.2, -0.15) is 0 Å². The van der Waals surface area contributed by atoms with Crippen molar-refractivity contribution in [2.45, 2.75) is 39.0 Å². The quantitative estimate of drug-likeness (QED) is 0.117. The standard InChI is InChI=1S/C68H56N2/c1-47-43-48(2)45-50(44-47)24-23-49-25-27-51(28-26-49)52-29-36-59(37-30-52)69(61-40-33-55(34-41-61)63-21-12-16-56-15-11-20-62(68(56)63)54-13-5-3-6-14-54)60-38-31-53(32-39-60)57-35-42-67-65(46-57)64-19-9-10-22-66(64)70(67)58-17-7-4-8-18-58/h3-22,25-42,46,48,50H,1,23-24,43-45H2,2H3. The lowest BCUT2D eigenvalue weighted by atomic mass is 9.77. The van der Waals surface area contributed by atoms with Crippen LogP contribution in [0.25, 0.3) is 82.8 Å². The summed E-state index contributed by atoms with van der Waals surface area (Å²) in [5.74, 6) is 1.52. The van der Waals surface area contributed by atoms with Crippen LogP contribution in [0.5, 0.6) is 0 Å². The molecule has 1 fully saturated rings. The third kappa shape index (κ3) is 8.41. The number of hydrogen-bond acceptors (Lipinski definition) is 1. The van der Waals surface area contributed by atoms with Gasteiger partial charge in [-0.25, -0.2) is 0 Å². The van der Waals surface area contributed by atoms with Gasteiger partial charge >= 0.3 is 0 Å². The van der Waals surface area contributed by atoms with E-state index >= 15 is 0 Å². The van der Waals surface area contributed by atoms with Crippen molar-refractivity contribution in [2.24, 2.45) is 11.8 Å². The number of aromatic nitrogens is 1. The normalized spacial score (nSPS) is 14.9. The smallest absolute Gasteiger partial charge is 0.0541 e. The van der Waals surface area contributed by atoms with E-state index in [1.54, 1.807) is 0 Å². The molecule has 0 saturated heterocycles. The summed E-state index contributed by atoms with van der Waals surface area (Å²) in [4.78, 5) is 2.39. The second-order valence-corrected chi connectivity index (χ2v) is 19.6. The van der Waals surface area contributed by atoms with Gasteiger partial charge in [-0.3, -0.25) is 0 Å². The Bertz CT molecular complexity index is 3620. The summed E-state index contributed by atoms with van der Waals surface area (Å²) in [6.07, 6.45) is 6.08. The lowest BCUT2D eigenvalue weighted by Gasteiger charge is -2.28. The molecule has 10 aromatic carbocycles. The fourth-order valence-electron chi connectivity index (χ4n) is 11.5. The van der Waals surface area contributed by atoms with E-state index in [0.717, 1.165) is 35.3 Å². The zero-order valence-electron chi connectivity index (χ0n) is 39.8. The van der Waals surface area contributed by atoms with Crippen LogP contribution in [-0.4, -0.2) is 4.57 Å². The topological polar surface area (TPSA) is 8.17 Å². The van der Waals surface area contributed by atoms with E-state index in [9.17, 15) is 0 Å². The first-order valence-corrected chi connectivity index (χ1v) is 25.0. The van der Waals surface area contributed by atoms with Crippen LogP contribution in [0.3, 0.4) is 0 Å². The molecular weight excluding hydrogens is 845 g/mol. The monoisotopic (exact) mass is 900 g/mol. The van der Waals surface area contributed by atoms with Crippen LogP contribution >= 0.6 is 0 Å². The van der Waals surface area contributed by atoms with Gasteiger partial charge in [-0.15, -0.1) is 0 Å². The minimum Gasteiger partial charge on any atom is -0.311 e. The van der Waals surface area contributed by atoms with Crippen LogP contribution in [0.2, 0.25) is 0 Å². The van der Waals surface area contributed by atoms with Crippen LogP contribution in [0.1, 0.15) is 38.2 Å². The number of para-hydroxylation sites is 2. The highest BCUT2D eigenvalue weighted by atomic mass is 15.1. The summed E-state index contributed by atoms with van der Waals surface area (Å²) in [5, 5.41) is 5.01. The van der Waals surface area contributed by atoms with Crippen molar-refractivity contribution in [1.82, 2.24) is 4.57 Å². The molecule has 2 atom stereocenters. The molecule has 12 rings (SSSR count). The van der Waals surface area contributed by atoms with Crippen molar-refractivity contribution < 1.29 is 0 Å². The molecule has 0 spiro atoms. The molecule has 70 heavy (non-hydrogen) atoms. The summed E-state index contributed by atoms with van der Waals surface area (Å²) in [7, 11) is 0. The molecule has 0 amide bonds. The van der Waals surface area contributed by atoms with Crippen LogP contribution in [0.4, 0.5) is 17.1 Å². The molecule has 1 aliphatic carbocycles. The molecule has 1 saturated carbocycles. The Morgan fingerprint density at radius 2 is 0.971 bits per heavy atom. The van der Waals surface area contributed by atoms with Crippen molar-refractivity contribution in [3.63, 3.8) is 0 Å². The Kier molecular flexibility index (Phi) is 11.5. The number of hydrogen-bond donors (Lipinski definition) is 0. The van der Waals surface area contributed by atoms with Gasteiger partial charge < -0.3 is 9.47 Å². The average Bonchev–Trinajstić information content (AvgIpc) is 3.75. The molecule has 2 heteroatoms. The summed E-state index contributed by atoms with van der Waals surface area (Å²) in [6, 6.07) is 86.9. The molecule has 11 aromatic rings. The first-order valence-electron chi connectivity index (χ1n) is 25.0. The molecule has 1 heterocycles. The summed E-state index contributed by atoms with van der Waals surface area (Å²) in [6.45, 7) is 6.72. The fourth-order valence-corrected chi connectivity index (χ4v) is 11.5. The second-order valence-electron chi connectivity index (χ2n) is 19.6. The molecule has 2 nitrogen and oxygen atoms in total. The Hall–Kier alpha value is -8.20. The molecular formula is C68H56N2. The van der Waals surface area contributed by atoms with Gasteiger partial charge in [-0.1, -0.05) is 189 Å². The minimum atomic E-state index is 0.758. The number of fused-ring (bicyclic) bond motifs is 4. The zero-order chi connectivity index (χ0) is 47.0. The molecule has 0 aliphatic heterocycles. The summed E-state index contributed by atoms with van der Waals surface area (Å²) >= 11 is 0. The number of rotatable bonds is 11. The highest BCUT2D eigenvalue weighted by Crippen LogP contribution is 2.42.